The fraction of sp³-hybridized carbons (Fsp3) is 0.588. The lowest BCUT2D eigenvalue weighted by Gasteiger charge is -2.35. The van der Waals surface area contributed by atoms with Crippen molar-refractivity contribution in [1.29, 1.82) is 0 Å². The highest BCUT2D eigenvalue weighted by atomic mass is 16.2. The van der Waals surface area contributed by atoms with Gasteiger partial charge in [-0.1, -0.05) is 25.5 Å². The van der Waals surface area contributed by atoms with E-state index < -0.39 is 0 Å². The van der Waals surface area contributed by atoms with E-state index in [-0.39, 0.29) is 5.91 Å². The van der Waals surface area contributed by atoms with Gasteiger partial charge in [-0.2, -0.15) is 0 Å². The molecule has 0 unspecified atom stereocenters. The standard InChI is InChI=1S/C17H27N3O/c1-13(2)12-19-7-9-20(10-8-19)17(21)15-11-14(3)5-6-16(15)18-4/h5-6,11,13,18H,7-10,12H2,1-4H3. The molecule has 1 amide bonds. The maximum absolute atomic E-state index is 12.7. The molecule has 1 heterocycles. The van der Waals surface area contributed by atoms with Gasteiger partial charge >= 0.3 is 0 Å². The molecule has 0 bridgehead atoms. The average Bonchev–Trinajstić information content (AvgIpc) is 2.46. The largest absolute Gasteiger partial charge is 0.387 e. The van der Waals surface area contributed by atoms with Crippen LogP contribution in [0.3, 0.4) is 0 Å². The minimum atomic E-state index is 0.146. The molecule has 2 rings (SSSR count). The zero-order valence-electron chi connectivity index (χ0n) is 13.6. The Kier molecular flexibility index (Phi) is 5.23. The van der Waals surface area contributed by atoms with Gasteiger partial charge in [0.2, 0.25) is 0 Å². The van der Waals surface area contributed by atoms with Gasteiger partial charge < -0.3 is 10.2 Å². The van der Waals surface area contributed by atoms with Crippen LogP contribution in [0.25, 0.3) is 0 Å². The van der Waals surface area contributed by atoms with Crippen LogP contribution in [-0.2, 0) is 0 Å². The summed E-state index contributed by atoms with van der Waals surface area (Å²) in [5.74, 6) is 0.826. The Morgan fingerprint density at radius 3 is 2.48 bits per heavy atom. The molecule has 116 valence electrons. The molecular weight excluding hydrogens is 262 g/mol. The second-order valence-electron chi connectivity index (χ2n) is 6.29. The smallest absolute Gasteiger partial charge is 0.256 e. The summed E-state index contributed by atoms with van der Waals surface area (Å²) < 4.78 is 0. The van der Waals surface area contributed by atoms with Crippen molar-refractivity contribution in [2.75, 3.05) is 45.1 Å². The van der Waals surface area contributed by atoms with Crippen LogP contribution in [0.2, 0.25) is 0 Å². The Hall–Kier alpha value is -1.55. The van der Waals surface area contributed by atoms with E-state index in [1.165, 1.54) is 0 Å². The Morgan fingerprint density at radius 1 is 1.24 bits per heavy atom. The van der Waals surface area contributed by atoms with E-state index in [2.05, 4.69) is 24.1 Å². The van der Waals surface area contributed by atoms with Gasteiger partial charge in [0, 0.05) is 45.5 Å². The van der Waals surface area contributed by atoms with Crippen molar-refractivity contribution in [2.45, 2.75) is 20.8 Å². The third kappa shape index (κ3) is 3.97. The topological polar surface area (TPSA) is 35.6 Å². The first kappa shape index (κ1) is 15.8. The fourth-order valence-electron chi connectivity index (χ4n) is 2.87. The number of carbonyl (C=O) groups excluding carboxylic acids is 1. The Labute approximate surface area is 128 Å². The molecule has 1 saturated heterocycles. The zero-order chi connectivity index (χ0) is 15.4. The number of rotatable bonds is 4. The number of nitrogens with one attached hydrogen (secondary N) is 1. The summed E-state index contributed by atoms with van der Waals surface area (Å²) in [5.41, 5.74) is 2.82. The van der Waals surface area contributed by atoms with Crippen LogP contribution in [-0.4, -0.2) is 55.5 Å². The molecule has 0 radical (unpaired) electrons. The van der Waals surface area contributed by atoms with Gasteiger partial charge in [0.25, 0.3) is 5.91 Å². The van der Waals surface area contributed by atoms with E-state index in [0.717, 1.165) is 49.5 Å². The Morgan fingerprint density at radius 2 is 1.90 bits per heavy atom. The lowest BCUT2D eigenvalue weighted by Crippen LogP contribution is -2.49. The van der Waals surface area contributed by atoms with Crippen molar-refractivity contribution >= 4 is 11.6 Å². The predicted octanol–water partition coefficient (Wildman–Crippen LogP) is 2.45. The quantitative estimate of drug-likeness (QED) is 0.925. The number of carbonyl (C=O) groups is 1. The summed E-state index contributed by atoms with van der Waals surface area (Å²) >= 11 is 0. The van der Waals surface area contributed by atoms with Crippen LogP contribution in [0, 0.1) is 12.8 Å². The summed E-state index contributed by atoms with van der Waals surface area (Å²) in [5, 5.41) is 3.12. The van der Waals surface area contributed by atoms with Crippen LogP contribution in [0.15, 0.2) is 18.2 Å². The molecule has 4 heteroatoms. The van der Waals surface area contributed by atoms with Gasteiger partial charge in [0.05, 0.1) is 5.56 Å². The Balaban J connectivity index is 2.03. The summed E-state index contributed by atoms with van der Waals surface area (Å²) in [6.07, 6.45) is 0. The molecule has 1 aliphatic heterocycles. The molecule has 21 heavy (non-hydrogen) atoms. The molecule has 1 aromatic carbocycles. The van der Waals surface area contributed by atoms with Crippen molar-refractivity contribution in [3.63, 3.8) is 0 Å². The van der Waals surface area contributed by atoms with Gasteiger partial charge in [-0.05, 0) is 25.0 Å². The maximum atomic E-state index is 12.7. The van der Waals surface area contributed by atoms with Crippen LogP contribution in [0.1, 0.15) is 29.8 Å². The highest BCUT2D eigenvalue weighted by molar-refractivity contribution is 5.99. The molecule has 4 nitrogen and oxygen atoms in total. The van der Waals surface area contributed by atoms with Crippen LogP contribution in [0.4, 0.5) is 5.69 Å². The maximum Gasteiger partial charge on any atom is 0.256 e. The monoisotopic (exact) mass is 289 g/mol. The number of nitrogens with zero attached hydrogens (tertiary/aromatic N) is 2. The first-order valence-corrected chi connectivity index (χ1v) is 7.81. The third-order valence-corrected chi connectivity index (χ3v) is 3.96. The summed E-state index contributed by atoms with van der Waals surface area (Å²) in [6, 6.07) is 6.00. The number of hydrogen-bond acceptors (Lipinski definition) is 3. The van der Waals surface area contributed by atoms with E-state index >= 15 is 0 Å². The minimum Gasteiger partial charge on any atom is -0.387 e. The molecule has 0 saturated carbocycles. The molecule has 1 fully saturated rings. The normalized spacial score (nSPS) is 16.3. The van der Waals surface area contributed by atoms with E-state index in [0.29, 0.717) is 5.92 Å². The first-order valence-electron chi connectivity index (χ1n) is 7.81. The van der Waals surface area contributed by atoms with E-state index in [9.17, 15) is 4.79 Å². The molecule has 0 spiro atoms. The molecular formula is C17H27N3O. The molecule has 1 N–H and O–H groups in total. The lowest BCUT2D eigenvalue weighted by atomic mass is 10.1. The van der Waals surface area contributed by atoms with Gasteiger partial charge in [-0.3, -0.25) is 9.69 Å². The SMILES string of the molecule is CNc1ccc(C)cc1C(=O)N1CCN(CC(C)C)CC1. The molecule has 1 aromatic rings. The number of hydrogen-bond donors (Lipinski definition) is 1. The predicted molar refractivity (Wildman–Crippen MR) is 87.9 cm³/mol. The first-order chi connectivity index (χ1) is 10.0. The van der Waals surface area contributed by atoms with E-state index in [4.69, 9.17) is 0 Å². The van der Waals surface area contributed by atoms with Crippen molar-refractivity contribution in [1.82, 2.24) is 9.80 Å². The number of anilines is 1. The summed E-state index contributed by atoms with van der Waals surface area (Å²) in [4.78, 5) is 17.2. The summed E-state index contributed by atoms with van der Waals surface area (Å²) in [6.45, 7) is 11.2. The van der Waals surface area contributed by atoms with Crippen LogP contribution in [0.5, 0.6) is 0 Å². The second-order valence-corrected chi connectivity index (χ2v) is 6.29. The average molecular weight is 289 g/mol. The molecule has 0 atom stereocenters. The number of aryl methyl sites for hydroxylation is 1. The molecule has 0 aromatic heterocycles. The number of amides is 1. The molecule has 1 aliphatic rings. The highest BCUT2D eigenvalue weighted by Crippen LogP contribution is 2.20. The van der Waals surface area contributed by atoms with Crippen molar-refractivity contribution in [2.24, 2.45) is 5.92 Å². The van der Waals surface area contributed by atoms with E-state index in [1.807, 2.05) is 37.1 Å². The van der Waals surface area contributed by atoms with Crippen LogP contribution < -0.4 is 5.32 Å². The van der Waals surface area contributed by atoms with Crippen molar-refractivity contribution < 1.29 is 4.79 Å². The fourth-order valence-corrected chi connectivity index (χ4v) is 2.87. The highest BCUT2D eigenvalue weighted by Gasteiger charge is 2.23. The number of piperazine rings is 1. The second kappa shape index (κ2) is 6.94. The van der Waals surface area contributed by atoms with Gasteiger partial charge in [-0.15, -0.1) is 0 Å². The summed E-state index contributed by atoms with van der Waals surface area (Å²) in [7, 11) is 1.86. The minimum absolute atomic E-state index is 0.146. The van der Waals surface area contributed by atoms with Gasteiger partial charge in [0.1, 0.15) is 0 Å². The van der Waals surface area contributed by atoms with Crippen molar-refractivity contribution in [3.05, 3.63) is 29.3 Å². The van der Waals surface area contributed by atoms with Crippen LogP contribution >= 0.6 is 0 Å². The number of benzene rings is 1. The third-order valence-electron chi connectivity index (χ3n) is 3.96. The zero-order valence-corrected chi connectivity index (χ0v) is 13.6. The lowest BCUT2D eigenvalue weighted by molar-refractivity contribution is 0.0624. The molecule has 0 aliphatic carbocycles. The van der Waals surface area contributed by atoms with Gasteiger partial charge in [-0.25, -0.2) is 0 Å². The van der Waals surface area contributed by atoms with Crippen molar-refractivity contribution in [3.8, 4) is 0 Å². The van der Waals surface area contributed by atoms with Gasteiger partial charge in [0.15, 0.2) is 0 Å². The van der Waals surface area contributed by atoms with E-state index in [1.54, 1.807) is 0 Å². The Bertz CT molecular complexity index is 491.